The summed E-state index contributed by atoms with van der Waals surface area (Å²) in [5.41, 5.74) is 0. The Morgan fingerprint density at radius 3 is 2.41 bits per heavy atom. The summed E-state index contributed by atoms with van der Waals surface area (Å²) in [7, 11) is 1.74. The lowest BCUT2D eigenvalue weighted by Crippen LogP contribution is -2.49. The zero-order valence-corrected chi connectivity index (χ0v) is 10.2. The van der Waals surface area contributed by atoms with Crippen molar-refractivity contribution < 1.29 is 14.7 Å². The number of urea groups is 1. The topological polar surface area (TPSA) is 69.6 Å². The maximum Gasteiger partial charge on any atom is 0.326 e. The number of carboxylic acid groups (broad SMARTS) is 1. The molecule has 0 spiro atoms. The zero-order valence-electron chi connectivity index (χ0n) is 10.2. The van der Waals surface area contributed by atoms with Gasteiger partial charge in [-0.1, -0.05) is 6.42 Å². The first-order valence-corrected chi connectivity index (χ1v) is 6.32. The molecular weight excluding hydrogens is 220 g/mol. The van der Waals surface area contributed by atoms with E-state index in [4.69, 9.17) is 5.11 Å². The van der Waals surface area contributed by atoms with Crippen molar-refractivity contribution in [2.45, 2.75) is 38.1 Å². The van der Waals surface area contributed by atoms with Gasteiger partial charge in [0.05, 0.1) is 0 Å². The van der Waals surface area contributed by atoms with Gasteiger partial charge >= 0.3 is 12.0 Å². The van der Waals surface area contributed by atoms with Gasteiger partial charge in [-0.15, -0.1) is 0 Å². The van der Waals surface area contributed by atoms with Crippen molar-refractivity contribution in [2.75, 3.05) is 13.6 Å². The van der Waals surface area contributed by atoms with Gasteiger partial charge in [-0.05, 0) is 37.5 Å². The molecule has 2 amide bonds. The Kier molecular flexibility index (Phi) is 3.54. The van der Waals surface area contributed by atoms with Crippen molar-refractivity contribution in [2.24, 2.45) is 11.8 Å². The molecule has 0 radical (unpaired) electrons. The average Bonchev–Trinajstić information content (AvgIpc) is 3.02. The predicted octanol–water partition coefficient (Wildman–Crippen LogP) is 1.29. The second kappa shape index (κ2) is 4.94. The minimum Gasteiger partial charge on any atom is -0.480 e. The molecule has 0 aromatic heterocycles. The summed E-state index contributed by atoms with van der Waals surface area (Å²) in [6, 6.07) is -0.956. The largest absolute Gasteiger partial charge is 0.480 e. The number of aliphatic carboxylic acids is 1. The number of nitrogens with zero attached hydrogens (tertiary/aromatic N) is 1. The molecule has 2 saturated carbocycles. The lowest BCUT2D eigenvalue weighted by molar-refractivity contribution is -0.139. The number of carbonyl (C=O) groups excluding carboxylic acids is 1. The number of carboxylic acids is 1. The van der Waals surface area contributed by atoms with Crippen LogP contribution in [0.25, 0.3) is 0 Å². The van der Waals surface area contributed by atoms with Crippen molar-refractivity contribution in [3.05, 3.63) is 0 Å². The van der Waals surface area contributed by atoms with Crippen LogP contribution < -0.4 is 5.32 Å². The van der Waals surface area contributed by atoms with Crippen LogP contribution in [0, 0.1) is 11.8 Å². The maximum atomic E-state index is 11.8. The van der Waals surface area contributed by atoms with Crippen molar-refractivity contribution in [1.82, 2.24) is 10.2 Å². The summed E-state index contributed by atoms with van der Waals surface area (Å²) in [6.07, 6.45) is 5.43. The quantitative estimate of drug-likeness (QED) is 0.760. The van der Waals surface area contributed by atoms with E-state index in [-0.39, 0.29) is 11.9 Å². The van der Waals surface area contributed by atoms with Crippen LogP contribution in [0.3, 0.4) is 0 Å². The third-order valence-corrected chi connectivity index (χ3v) is 3.74. The summed E-state index contributed by atoms with van der Waals surface area (Å²) in [5.74, 6) is -0.179. The van der Waals surface area contributed by atoms with Crippen LogP contribution in [0.4, 0.5) is 4.79 Å². The number of hydrogen-bond donors (Lipinski definition) is 2. The van der Waals surface area contributed by atoms with Gasteiger partial charge in [-0.25, -0.2) is 9.59 Å². The van der Waals surface area contributed by atoms with Crippen LogP contribution in [-0.2, 0) is 4.79 Å². The molecule has 0 aliphatic heterocycles. The second-order valence-corrected chi connectivity index (χ2v) is 5.28. The summed E-state index contributed by atoms with van der Waals surface area (Å²) in [4.78, 5) is 24.4. The summed E-state index contributed by atoms with van der Waals surface area (Å²) in [5, 5.41) is 11.6. The molecular formula is C12H20N2O3. The second-order valence-electron chi connectivity index (χ2n) is 5.28. The van der Waals surface area contributed by atoms with E-state index >= 15 is 0 Å². The smallest absolute Gasteiger partial charge is 0.326 e. The number of rotatable bonds is 5. The highest BCUT2D eigenvalue weighted by Gasteiger charge is 2.37. The third-order valence-electron chi connectivity index (χ3n) is 3.74. The molecule has 0 heterocycles. The van der Waals surface area contributed by atoms with Crippen LogP contribution >= 0.6 is 0 Å². The summed E-state index contributed by atoms with van der Waals surface area (Å²) < 4.78 is 0. The summed E-state index contributed by atoms with van der Waals surface area (Å²) >= 11 is 0. The van der Waals surface area contributed by atoms with Gasteiger partial charge in [-0.2, -0.15) is 0 Å². The Morgan fingerprint density at radius 1 is 1.35 bits per heavy atom. The Balaban J connectivity index is 1.79. The molecule has 0 aromatic carbocycles. The van der Waals surface area contributed by atoms with E-state index in [1.54, 1.807) is 11.9 Å². The first kappa shape index (κ1) is 12.2. The van der Waals surface area contributed by atoms with Crippen molar-refractivity contribution >= 4 is 12.0 Å². The first-order valence-electron chi connectivity index (χ1n) is 6.32. The lowest BCUT2D eigenvalue weighted by atomic mass is 9.85. The van der Waals surface area contributed by atoms with Gasteiger partial charge in [0.1, 0.15) is 6.04 Å². The van der Waals surface area contributed by atoms with E-state index in [0.717, 1.165) is 19.4 Å². The van der Waals surface area contributed by atoms with Crippen molar-refractivity contribution in [3.63, 3.8) is 0 Å². The van der Waals surface area contributed by atoms with E-state index in [2.05, 4.69) is 5.32 Å². The van der Waals surface area contributed by atoms with Crippen LogP contribution in [0.15, 0.2) is 0 Å². The van der Waals surface area contributed by atoms with E-state index in [0.29, 0.717) is 5.92 Å². The van der Waals surface area contributed by atoms with Gasteiger partial charge in [0.2, 0.25) is 0 Å². The van der Waals surface area contributed by atoms with Crippen LogP contribution in [-0.4, -0.2) is 41.6 Å². The molecule has 0 saturated heterocycles. The monoisotopic (exact) mass is 240 g/mol. The SMILES string of the molecule is CN(CC1CCC1)C(=O)NC(C(=O)O)C1CC1. The molecule has 2 aliphatic carbocycles. The molecule has 0 bridgehead atoms. The Hall–Kier alpha value is -1.26. The predicted molar refractivity (Wildman–Crippen MR) is 62.7 cm³/mol. The fourth-order valence-electron chi connectivity index (χ4n) is 2.20. The molecule has 0 aromatic rings. The molecule has 2 N–H and O–H groups in total. The van der Waals surface area contributed by atoms with Crippen LogP contribution in [0.1, 0.15) is 32.1 Å². The number of hydrogen-bond acceptors (Lipinski definition) is 2. The summed E-state index contributed by atoms with van der Waals surface area (Å²) in [6.45, 7) is 0.739. The normalized spacial score (nSPS) is 21.5. The highest BCUT2D eigenvalue weighted by atomic mass is 16.4. The van der Waals surface area contributed by atoms with Crippen LogP contribution in [0.2, 0.25) is 0 Å². The zero-order chi connectivity index (χ0) is 12.4. The Morgan fingerprint density at radius 2 is 2.00 bits per heavy atom. The number of carbonyl (C=O) groups is 2. The van der Waals surface area contributed by atoms with Crippen molar-refractivity contribution in [3.8, 4) is 0 Å². The molecule has 96 valence electrons. The lowest BCUT2D eigenvalue weighted by Gasteiger charge is -2.30. The molecule has 17 heavy (non-hydrogen) atoms. The van der Waals surface area contributed by atoms with Crippen molar-refractivity contribution in [1.29, 1.82) is 0 Å². The molecule has 1 atom stereocenters. The number of nitrogens with one attached hydrogen (secondary N) is 1. The minimum atomic E-state index is -0.919. The third kappa shape index (κ3) is 3.11. The van der Waals surface area contributed by atoms with E-state index in [1.807, 2.05) is 0 Å². The number of amides is 2. The van der Waals surface area contributed by atoms with Gasteiger partial charge in [0.25, 0.3) is 0 Å². The minimum absolute atomic E-state index is 0.133. The first-order chi connectivity index (χ1) is 8.08. The molecule has 2 fully saturated rings. The molecule has 1 unspecified atom stereocenters. The average molecular weight is 240 g/mol. The van der Waals surface area contributed by atoms with Gasteiger partial charge in [0, 0.05) is 13.6 Å². The molecule has 5 heteroatoms. The highest BCUT2D eigenvalue weighted by Crippen LogP contribution is 2.33. The maximum absolute atomic E-state index is 11.8. The molecule has 2 aliphatic rings. The standard InChI is InChI=1S/C12H20N2O3/c1-14(7-8-3-2-4-8)12(17)13-10(11(15)16)9-5-6-9/h8-10H,2-7H2,1H3,(H,13,17)(H,15,16). The van der Waals surface area contributed by atoms with Crippen LogP contribution in [0.5, 0.6) is 0 Å². The van der Waals surface area contributed by atoms with Gasteiger partial charge < -0.3 is 15.3 Å². The fraction of sp³-hybridized carbons (Fsp3) is 0.833. The van der Waals surface area contributed by atoms with E-state index in [9.17, 15) is 9.59 Å². The molecule has 5 nitrogen and oxygen atoms in total. The Bertz CT molecular complexity index is 311. The Labute approximate surface area is 101 Å². The van der Waals surface area contributed by atoms with Gasteiger partial charge in [0.15, 0.2) is 0 Å². The van der Waals surface area contributed by atoms with Gasteiger partial charge in [-0.3, -0.25) is 0 Å². The molecule has 2 rings (SSSR count). The highest BCUT2D eigenvalue weighted by molar-refractivity contribution is 5.83. The van der Waals surface area contributed by atoms with E-state index in [1.165, 1.54) is 19.3 Å². The van der Waals surface area contributed by atoms with E-state index < -0.39 is 12.0 Å². The fourth-order valence-corrected chi connectivity index (χ4v) is 2.20.